The normalized spacial score (nSPS) is 17.5. The molecule has 2 aromatic rings. The van der Waals surface area contributed by atoms with Crippen LogP contribution in [0.3, 0.4) is 0 Å². The van der Waals surface area contributed by atoms with Crippen LogP contribution in [0, 0.1) is 0 Å². The van der Waals surface area contributed by atoms with E-state index in [0.29, 0.717) is 24.3 Å². The van der Waals surface area contributed by atoms with E-state index in [0.717, 1.165) is 29.4 Å². The quantitative estimate of drug-likeness (QED) is 0.191. The second-order valence-corrected chi connectivity index (χ2v) is 11.3. The molecule has 0 aliphatic carbocycles. The molecule has 0 bridgehead atoms. The van der Waals surface area contributed by atoms with Crippen LogP contribution >= 0.6 is 23.5 Å². The molecule has 3 amide bonds. The Morgan fingerprint density at radius 2 is 1.63 bits per heavy atom. The third-order valence-corrected chi connectivity index (χ3v) is 7.87. The van der Waals surface area contributed by atoms with E-state index in [2.05, 4.69) is 26.3 Å². The van der Waals surface area contributed by atoms with Crippen LogP contribution in [-0.4, -0.2) is 88.5 Å². The average molecular weight is 564 g/mol. The van der Waals surface area contributed by atoms with Gasteiger partial charge in [-0.3, -0.25) is 14.4 Å². The largest absolute Gasteiger partial charge is 0.480 e. The number of hydrogen-bond acceptors (Lipinski definition) is 7. The summed E-state index contributed by atoms with van der Waals surface area (Å²) >= 11 is 3.02. The van der Waals surface area contributed by atoms with Crippen molar-refractivity contribution in [2.45, 2.75) is 56.3 Å². The van der Waals surface area contributed by atoms with E-state index in [1.165, 1.54) is 23.5 Å². The molecule has 1 aliphatic heterocycles. The van der Waals surface area contributed by atoms with Gasteiger partial charge in [0, 0.05) is 23.5 Å². The molecule has 0 radical (unpaired) electrons. The smallest absolute Gasteiger partial charge is 0.326 e. The zero-order valence-corrected chi connectivity index (χ0v) is 23.4. The van der Waals surface area contributed by atoms with E-state index in [9.17, 15) is 24.3 Å². The summed E-state index contributed by atoms with van der Waals surface area (Å²) < 4.78 is 0. The number of benzene rings is 1. The molecule has 2 heterocycles. The molecular weight excluding hydrogens is 526 g/mol. The number of amides is 3. The number of thioether (sulfide) groups is 2. The fourth-order valence-electron chi connectivity index (χ4n) is 4.45. The summed E-state index contributed by atoms with van der Waals surface area (Å²) in [6.07, 6.45) is 8.00. The number of aromatic nitrogens is 1. The number of aromatic amines is 1. The molecule has 1 aliphatic rings. The topological polar surface area (TPSA) is 152 Å². The summed E-state index contributed by atoms with van der Waals surface area (Å²) in [5.41, 5.74) is 1.79. The fourth-order valence-corrected chi connectivity index (χ4v) is 5.40. The van der Waals surface area contributed by atoms with Gasteiger partial charge in [0.1, 0.15) is 18.1 Å². The SMILES string of the molecule is CSCCC(NC(=O)C(CCSC)NC(=O)C(Cc1c[nH]c2ccccc12)NC(=O)C1CCCN1)C(=O)O. The van der Waals surface area contributed by atoms with Crippen LogP contribution in [0.4, 0.5) is 0 Å². The lowest BCUT2D eigenvalue weighted by Gasteiger charge is -2.25. The molecule has 1 fully saturated rings. The number of hydrogen-bond donors (Lipinski definition) is 6. The molecule has 0 saturated carbocycles. The Bertz CT molecular complexity index is 1100. The number of carbonyl (C=O) groups excluding carboxylic acids is 3. The Morgan fingerprint density at radius 3 is 2.29 bits per heavy atom. The van der Waals surface area contributed by atoms with Crippen molar-refractivity contribution < 1.29 is 24.3 Å². The first-order chi connectivity index (χ1) is 18.3. The van der Waals surface area contributed by atoms with Crippen molar-refractivity contribution >= 4 is 58.1 Å². The van der Waals surface area contributed by atoms with E-state index in [4.69, 9.17) is 0 Å². The molecule has 1 saturated heterocycles. The minimum atomic E-state index is -1.11. The van der Waals surface area contributed by atoms with E-state index < -0.39 is 35.9 Å². The molecule has 38 heavy (non-hydrogen) atoms. The Kier molecular flexibility index (Phi) is 11.8. The Hall–Kier alpha value is -2.70. The van der Waals surface area contributed by atoms with Crippen molar-refractivity contribution in [1.29, 1.82) is 0 Å². The highest BCUT2D eigenvalue weighted by molar-refractivity contribution is 7.98. The number of carbonyl (C=O) groups is 4. The van der Waals surface area contributed by atoms with Gasteiger partial charge in [0.15, 0.2) is 0 Å². The molecule has 0 spiro atoms. The van der Waals surface area contributed by atoms with Crippen LogP contribution < -0.4 is 21.3 Å². The number of para-hydroxylation sites is 1. The first-order valence-corrected chi connectivity index (χ1v) is 15.5. The molecule has 3 rings (SSSR count). The van der Waals surface area contributed by atoms with Crippen LogP contribution in [0.2, 0.25) is 0 Å². The summed E-state index contributed by atoms with van der Waals surface area (Å²) in [6.45, 7) is 0.746. The van der Waals surface area contributed by atoms with Gasteiger partial charge < -0.3 is 31.4 Å². The van der Waals surface area contributed by atoms with Gasteiger partial charge in [0.25, 0.3) is 0 Å². The second kappa shape index (κ2) is 15.0. The lowest BCUT2D eigenvalue weighted by molar-refractivity contribution is -0.142. The fraction of sp³-hybridized carbons (Fsp3) is 0.538. The van der Waals surface area contributed by atoms with E-state index >= 15 is 0 Å². The maximum atomic E-state index is 13.6. The predicted octanol–water partition coefficient (Wildman–Crippen LogP) is 1.51. The van der Waals surface area contributed by atoms with Crippen molar-refractivity contribution in [2.24, 2.45) is 0 Å². The van der Waals surface area contributed by atoms with Gasteiger partial charge in [0.2, 0.25) is 17.7 Å². The van der Waals surface area contributed by atoms with Gasteiger partial charge >= 0.3 is 5.97 Å². The van der Waals surface area contributed by atoms with Crippen LogP contribution in [-0.2, 0) is 25.6 Å². The van der Waals surface area contributed by atoms with Crippen LogP contribution in [0.15, 0.2) is 30.5 Å². The van der Waals surface area contributed by atoms with Crippen molar-refractivity contribution in [3.05, 3.63) is 36.0 Å². The maximum absolute atomic E-state index is 13.6. The van der Waals surface area contributed by atoms with Crippen LogP contribution in [0.1, 0.15) is 31.2 Å². The van der Waals surface area contributed by atoms with E-state index in [-0.39, 0.29) is 24.8 Å². The minimum Gasteiger partial charge on any atom is -0.480 e. The zero-order chi connectivity index (χ0) is 27.5. The Morgan fingerprint density at radius 1 is 0.974 bits per heavy atom. The molecule has 1 aromatic heterocycles. The summed E-state index contributed by atoms with van der Waals surface area (Å²) in [5, 5.41) is 21.9. The lowest BCUT2D eigenvalue weighted by Crippen LogP contribution is -2.57. The van der Waals surface area contributed by atoms with Gasteiger partial charge in [-0.05, 0) is 67.9 Å². The van der Waals surface area contributed by atoms with E-state index in [1.54, 1.807) is 0 Å². The molecule has 4 atom stereocenters. The summed E-state index contributed by atoms with van der Waals surface area (Å²) in [6, 6.07) is 4.46. The van der Waals surface area contributed by atoms with Gasteiger partial charge in [-0.15, -0.1) is 0 Å². The number of nitrogens with one attached hydrogen (secondary N) is 5. The van der Waals surface area contributed by atoms with Crippen LogP contribution in [0.5, 0.6) is 0 Å². The molecule has 6 N–H and O–H groups in total. The number of carboxylic acid groups (broad SMARTS) is 1. The highest BCUT2D eigenvalue weighted by Gasteiger charge is 2.31. The zero-order valence-electron chi connectivity index (χ0n) is 21.7. The highest BCUT2D eigenvalue weighted by Crippen LogP contribution is 2.19. The highest BCUT2D eigenvalue weighted by atomic mass is 32.2. The molecular formula is C26H37N5O5S2. The molecule has 208 valence electrons. The van der Waals surface area contributed by atoms with Crippen LogP contribution in [0.25, 0.3) is 10.9 Å². The van der Waals surface area contributed by atoms with E-state index in [1.807, 2.05) is 43.0 Å². The number of H-pyrrole nitrogens is 1. The summed E-state index contributed by atoms with van der Waals surface area (Å²) in [5.74, 6) is -1.24. The molecule has 12 heteroatoms. The first kappa shape index (κ1) is 29.9. The molecule has 1 aromatic carbocycles. The van der Waals surface area contributed by atoms with Gasteiger partial charge in [-0.25, -0.2) is 4.79 Å². The number of aliphatic carboxylic acids is 1. The third kappa shape index (κ3) is 8.40. The summed E-state index contributed by atoms with van der Waals surface area (Å²) in [4.78, 5) is 54.5. The van der Waals surface area contributed by atoms with Crippen molar-refractivity contribution in [3.63, 3.8) is 0 Å². The van der Waals surface area contributed by atoms with Crippen molar-refractivity contribution in [1.82, 2.24) is 26.3 Å². The van der Waals surface area contributed by atoms with Gasteiger partial charge in [-0.2, -0.15) is 23.5 Å². The van der Waals surface area contributed by atoms with Gasteiger partial charge in [0.05, 0.1) is 6.04 Å². The second-order valence-electron chi connectivity index (χ2n) is 9.30. The predicted molar refractivity (Wildman–Crippen MR) is 152 cm³/mol. The monoisotopic (exact) mass is 563 g/mol. The minimum absolute atomic E-state index is 0.233. The Balaban J connectivity index is 1.78. The first-order valence-electron chi connectivity index (χ1n) is 12.7. The standard InChI is InChI=1S/C26H37N5O5S2/c1-37-12-9-20(24(33)30-21(26(35)36)10-13-38-2)29-25(34)22(31-23(32)19-8-5-11-27-19)14-16-15-28-18-7-4-3-6-17(16)18/h3-4,6-7,15,19-22,27-28H,5,8-14H2,1-2H3,(H,29,34)(H,30,33)(H,31,32)(H,35,36). The number of fused-ring (bicyclic) bond motifs is 1. The summed E-state index contributed by atoms with van der Waals surface area (Å²) in [7, 11) is 0. The van der Waals surface area contributed by atoms with Gasteiger partial charge in [-0.1, -0.05) is 18.2 Å². The number of rotatable bonds is 15. The Labute approximate surface area is 231 Å². The maximum Gasteiger partial charge on any atom is 0.326 e. The number of carboxylic acids is 1. The van der Waals surface area contributed by atoms with Crippen molar-refractivity contribution in [2.75, 3.05) is 30.6 Å². The molecule has 10 nitrogen and oxygen atoms in total. The average Bonchev–Trinajstić information content (AvgIpc) is 3.59. The third-order valence-electron chi connectivity index (χ3n) is 6.58. The molecule has 4 unspecified atom stereocenters. The van der Waals surface area contributed by atoms with Crippen molar-refractivity contribution in [3.8, 4) is 0 Å². The lowest BCUT2D eigenvalue weighted by atomic mass is 10.0.